The molecule has 0 amide bonds. The van der Waals surface area contributed by atoms with Crippen molar-refractivity contribution in [1.29, 1.82) is 0 Å². The molecule has 0 bridgehead atoms. The first-order valence-electron chi connectivity index (χ1n) is 2.41. The van der Waals surface area contributed by atoms with Gasteiger partial charge in [-0.3, -0.25) is 9.09 Å². The van der Waals surface area contributed by atoms with Gasteiger partial charge in [0.05, 0.1) is 6.61 Å². The van der Waals surface area contributed by atoms with E-state index in [9.17, 15) is 4.57 Å². The van der Waals surface area contributed by atoms with Crippen molar-refractivity contribution >= 4 is 7.60 Å². The average Bonchev–Trinajstić information content (AvgIpc) is 2.39. The zero-order valence-corrected chi connectivity index (χ0v) is 4.97. The highest BCUT2D eigenvalue weighted by Gasteiger charge is 2.58. The van der Waals surface area contributed by atoms with E-state index in [0.29, 0.717) is 13.0 Å². The van der Waals surface area contributed by atoms with Crippen molar-refractivity contribution < 1.29 is 18.7 Å². The largest absolute Gasteiger partial charge is 0.387 e. The Morgan fingerprint density at radius 1 is 1.62 bits per heavy atom. The first kappa shape index (κ1) is 4.94. The van der Waals surface area contributed by atoms with Crippen LogP contribution in [0.2, 0.25) is 0 Å². The Labute approximate surface area is 46.2 Å². The molecule has 2 rings (SSSR count). The molecule has 0 radical (unpaired) electrons. The summed E-state index contributed by atoms with van der Waals surface area (Å²) < 4.78 is 19.8. The lowest BCUT2D eigenvalue weighted by molar-refractivity contribution is -0.209. The van der Waals surface area contributed by atoms with Crippen LogP contribution in [0, 0.1) is 0 Å². The van der Waals surface area contributed by atoms with Crippen LogP contribution in [-0.2, 0) is 18.7 Å². The van der Waals surface area contributed by atoms with Crippen LogP contribution in [-0.4, -0.2) is 12.5 Å². The molecule has 2 aliphatic rings. The smallest absolute Gasteiger partial charge is 0.289 e. The van der Waals surface area contributed by atoms with E-state index in [4.69, 9.17) is 0 Å². The predicted octanol–water partition coefficient (Wildman–Crippen LogP) is 0.888. The van der Waals surface area contributed by atoms with E-state index in [1.54, 1.807) is 0 Å². The summed E-state index contributed by atoms with van der Waals surface area (Å²) in [6.45, 7) is 0.495. The fourth-order valence-corrected chi connectivity index (χ4v) is 2.07. The molecule has 0 aromatic rings. The predicted molar refractivity (Wildman–Crippen MR) is 24.1 cm³/mol. The van der Waals surface area contributed by atoms with Crippen LogP contribution >= 0.6 is 7.60 Å². The minimum absolute atomic E-state index is 0.142. The fourth-order valence-electron chi connectivity index (χ4n) is 0.678. The van der Waals surface area contributed by atoms with Gasteiger partial charge in [-0.15, -0.1) is 4.67 Å². The van der Waals surface area contributed by atoms with Crippen molar-refractivity contribution in [2.75, 3.05) is 6.61 Å². The van der Waals surface area contributed by atoms with E-state index >= 15 is 0 Å². The van der Waals surface area contributed by atoms with E-state index in [2.05, 4.69) is 14.1 Å². The summed E-state index contributed by atoms with van der Waals surface area (Å²) in [7, 11) is -2.64. The number of hydrogen-bond acceptors (Lipinski definition) is 4. The number of hydrogen-bond donors (Lipinski definition) is 0. The summed E-state index contributed by atoms with van der Waals surface area (Å²) in [4.78, 5) is 4.44. The maximum atomic E-state index is 10.7. The highest BCUT2D eigenvalue weighted by Crippen LogP contribution is 2.73. The molecule has 0 N–H and O–H groups in total. The third-order valence-corrected chi connectivity index (χ3v) is 2.90. The maximum absolute atomic E-state index is 10.7. The molecule has 2 heterocycles. The van der Waals surface area contributed by atoms with Gasteiger partial charge in [0.25, 0.3) is 0 Å². The summed E-state index contributed by atoms with van der Waals surface area (Å²) in [5.41, 5.74) is 0. The number of fused-ring (bicyclic) bond motifs is 1. The fraction of sp³-hybridized carbons (Fsp3) is 1.00. The van der Waals surface area contributed by atoms with Gasteiger partial charge in [0.15, 0.2) is 5.85 Å². The molecule has 8 heavy (non-hydrogen) atoms. The van der Waals surface area contributed by atoms with Crippen LogP contribution in [0.4, 0.5) is 0 Å². The molecule has 2 aliphatic heterocycles. The normalized spacial score (nSPS) is 52.8. The van der Waals surface area contributed by atoms with E-state index in [-0.39, 0.29) is 5.85 Å². The molecule has 2 saturated heterocycles. The summed E-state index contributed by atoms with van der Waals surface area (Å²) in [5.74, 6) is -0.142. The van der Waals surface area contributed by atoms with Gasteiger partial charge in [-0.1, -0.05) is 0 Å². The van der Waals surface area contributed by atoms with E-state index in [0.717, 1.165) is 0 Å². The van der Waals surface area contributed by atoms with E-state index in [1.165, 1.54) is 0 Å². The van der Waals surface area contributed by atoms with Gasteiger partial charge in [-0.05, 0) is 0 Å². The maximum Gasteiger partial charge on any atom is 0.387 e. The zero-order valence-electron chi connectivity index (χ0n) is 4.07. The Kier molecular flexibility index (Phi) is 0.823. The summed E-state index contributed by atoms with van der Waals surface area (Å²) in [6.07, 6.45) is 0.706. The average molecular weight is 136 g/mol. The lowest BCUT2D eigenvalue weighted by atomic mass is 10.5. The van der Waals surface area contributed by atoms with E-state index in [1.807, 2.05) is 0 Å². The molecule has 0 aliphatic carbocycles. The van der Waals surface area contributed by atoms with Crippen molar-refractivity contribution in [3.63, 3.8) is 0 Å². The van der Waals surface area contributed by atoms with Gasteiger partial charge >= 0.3 is 7.60 Å². The molecule has 46 valence electrons. The molecule has 0 aromatic carbocycles. The highest BCUT2D eigenvalue weighted by atomic mass is 31.2. The van der Waals surface area contributed by atoms with Gasteiger partial charge in [0.2, 0.25) is 0 Å². The first-order valence-corrected chi connectivity index (χ1v) is 4.02. The SMILES string of the molecule is O=P12OOCCC1O2. The molecule has 0 spiro atoms. The van der Waals surface area contributed by atoms with Crippen molar-refractivity contribution in [3.05, 3.63) is 0 Å². The zero-order chi connectivity index (χ0) is 5.61. The van der Waals surface area contributed by atoms with Crippen molar-refractivity contribution in [2.45, 2.75) is 12.3 Å². The molecule has 5 heteroatoms. The van der Waals surface area contributed by atoms with Crippen LogP contribution in [0.1, 0.15) is 6.42 Å². The second-order valence-corrected chi connectivity index (χ2v) is 3.80. The van der Waals surface area contributed by atoms with Gasteiger partial charge < -0.3 is 0 Å². The molecule has 0 aromatic heterocycles. The summed E-state index contributed by atoms with van der Waals surface area (Å²) in [6, 6.07) is 0. The van der Waals surface area contributed by atoms with Crippen LogP contribution in [0.25, 0.3) is 0 Å². The lowest BCUT2D eigenvalue weighted by Crippen LogP contribution is -2.01. The third-order valence-electron chi connectivity index (χ3n) is 1.18. The minimum atomic E-state index is -2.64. The monoisotopic (exact) mass is 136 g/mol. The standard InChI is InChI=1S/C3H5O4P/c4-8-3(6-8)1-2-5-7-8/h3H,1-2H2. The minimum Gasteiger partial charge on any atom is -0.289 e. The second kappa shape index (κ2) is 1.33. The van der Waals surface area contributed by atoms with Crippen LogP contribution in [0.5, 0.6) is 0 Å². The second-order valence-electron chi connectivity index (χ2n) is 1.79. The quantitative estimate of drug-likeness (QED) is 0.282. The lowest BCUT2D eigenvalue weighted by Gasteiger charge is -2.02. The Morgan fingerprint density at radius 3 is 3.00 bits per heavy atom. The molecule has 0 saturated carbocycles. The Bertz CT molecular complexity index is 155. The van der Waals surface area contributed by atoms with E-state index < -0.39 is 7.60 Å². The number of rotatable bonds is 0. The molecular weight excluding hydrogens is 131 g/mol. The van der Waals surface area contributed by atoms with Gasteiger partial charge in [0, 0.05) is 6.42 Å². The van der Waals surface area contributed by atoms with Gasteiger partial charge in [0.1, 0.15) is 0 Å². The Morgan fingerprint density at radius 2 is 2.50 bits per heavy atom. The molecule has 2 fully saturated rings. The molecule has 4 nitrogen and oxygen atoms in total. The van der Waals surface area contributed by atoms with Crippen molar-refractivity contribution in [3.8, 4) is 0 Å². The van der Waals surface area contributed by atoms with Gasteiger partial charge in [-0.2, -0.15) is 0 Å². The first-order chi connectivity index (χ1) is 3.81. The van der Waals surface area contributed by atoms with Crippen molar-refractivity contribution in [1.82, 2.24) is 0 Å². The van der Waals surface area contributed by atoms with Crippen LogP contribution < -0.4 is 0 Å². The van der Waals surface area contributed by atoms with Crippen LogP contribution in [0.15, 0.2) is 0 Å². The highest BCUT2D eigenvalue weighted by molar-refractivity contribution is 7.60. The third kappa shape index (κ3) is 0.545. The molecular formula is C3H5O4P. The topological polar surface area (TPSA) is 48.1 Å². The molecule has 2 unspecified atom stereocenters. The van der Waals surface area contributed by atoms with Crippen molar-refractivity contribution in [2.24, 2.45) is 0 Å². The summed E-state index contributed by atoms with van der Waals surface area (Å²) in [5, 5.41) is 0. The Hall–Kier alpha value is 0.110. The molecule has 2 atom stereocenters. The summed E-state index contributed by atoms with van der Waals surface area (Å²) >= 11 is 0. The Balaban J connectivity index is 2.15. The van der Waals surface area contributed by atoms with Gasteiger partial charge in [-0.25, -0.2) is 4.89 Å². The van der Waals surface area contributed by atoms with Crippen LogP contribution in [0.3, 0.4) is 0 Å².